The Labute approximate surface area is 146 Å². The summed E-state index contributed by atoms with van der Waals surface area (Å²) in [6, 6.07) is 9.35. The van der Waals surface area contributed by atoms with Crippen molar-refractivity contribution in [3.8, 4) is 0 Å². The van der Waals surface area contributed by atoms with E-state index in [1.807, 2.05) is 37.3 Å². The zero-order chi connectivity index (χ0) is 17.5. The van der Waals surface area contributed by atoms with Crippen molar-refractivity contribution in [1.29, 1.82) is 0 Å². The molecule has 1 heterocycles. The van der Waals surface area contributed by atoms with E-state index in [0.29, 0.717) is 12.8 Å². The highest BCUT2D eigenvalue weighted by Crippen LogP contribution is 2.62. The molecule has 6 heteroatoms. The SMILES string of the molecule is CCOC(=O)C1([C@H]2CN([C@@H](C)c3ccccc3)C(S)C2(F)F)CC1. The van der Waals surface area contributed by atoms with Crippen LogP contribution in [0.2, 0.25) is 0 Å². The summed E-state index contributed by atoms with van der Waals surface area (Å²) in [5, 5.41) is -1.20. The number of carbonyl (C=O) groups is 1. The maximum absolute atomic E-state index is 14.9. The van der Waals surface area contributed by atoms with Crippen LogP contribution in [0.15, 0.2) is 30.3 Å². The Morgan fingerprint density at radius 3 is 2.54 bits per heavy atom. The number of esters is 1. The van der Waals surface area contributed by atoms with Crippen LogP contribution in [0.3, 0.4) is 0 Å². The summed E-state index contributed by atoms with van der Waals surface area (Å²) < 4.78 is 35.0. The fourth-order valence-corrected chi connectivity index (χ4v) is 4.25. The summed E-state index contributed by atoms with van der Waals surface area (Å²) in [5.74, 6) is -4.56. The zero-order valence-electron chi connectivity index (χ0n) is 13.9. The standard InChI is InChI=1S/C18H23F2NO2S/c1-3-23-16(22)17(9-10-17)14-11-21(15(24)18(14,19)20)12(2)13-7-5-4-6-8-13/h4-8,12,14-15,24H,3,9-11H2,1-2H3/t12-,14+,15?/m0/s1. The fourth-order valence-electron chi connectivity index (χ4n) is 3.77. The number of ether oxygens (including phenoxy) is 1. The van der Waals surface area contributed by atoms with E-state index < -0.39 is 28.6 Å². The number of halogens is 2. The molecule has 1 aromatic carbocycles. The van der Waals surface area contributed by atoms with Crippen LogP contribution in [0, 0.1) is 11.3 Å². The van der Waals surface area contributed by atoms with Crippen molar-refractivity contribution >= 4 is 18.6 Å². The average Bonchev–Trinajstić information content (AvgIpc) is 3.33. The van der Waals surface area contributed by atoms with Crippen LogP contribution in [0.25, 0.3) is 0 Å². The molecule has 0 spiro atoms. The Hall–Kier alpha value is -1.14. The number of alkyl halides is 2. The fraction of sp³-hybridized carbons (Fsp3) is 0.611. The molecule has 3 atom stereocenters. The minimum absolute atomic E-state index is 0.149. The highest BCUT2D eigenvalue weighted by molar-refractivity contribution is 7.81. The maximum atomic E-state index is 14.9. The second-order valence-corrected chi connectivity index (χ2v) is 7.25. The Morgan fingerprint density at radius 2 is 2.00 bits per heavy atom. The van der Waals surface area contributed by atoms with E-state index in [2.05, 4.69) is 12.6 Å². The van der Waals surface area contributed by atoms with Gasteiger partial charge < -0.3 is 4.74 Å². The van der Waals surface area contributed by atoms with Crippen LogP contribution < -0.4 is 0 Å². The molecule has 1 saturated heterocycles. The van der Waals surface area contributed by atoms with Gasteiger partial charge in [0.2, 0.25) is 0 Å². The Bertz CT molecular complexity index is 606. The molecule has 3 rings (SSSR count). The molecule has 0 bridgehead atoms. The molecule has 0 amide bonds. The van der Waals surface area contributed by atoms with Crippen molar-refractivity contribution in [2.24, 2.45) is 11.3 Å². The number of benzene rings is 1. The van der Waals surface area contributed by atoms with Gasteiger partial charge in [0, 0.05) is 12.6 Å². The Morgan fingerprint density at radius 1 is 1.38 bits per heavy atom. The molecule has 0 aromatic heterocycles. The molecule has 132 valence electrons. The summed E-state index contributed by atoms with van der Waals surface area (Å²) in [5.41, 5.74) is -0.0694. The molecule has 1 aliphatic heterocycles. The molecule has 1 aromatic rings. The molecule has 24 heavy (non-hydrogen) atoms. The van der Waals surface area contributed by atoms with Gasteiger partial charge in [0.25, 0.3) is 5.92 Å². The third-order valence-corrected chi connectivity index (χ3v) is 6.07. The zero-order valence-corrected chi connectivity index (χ0v) is 14.8. The van der Waals surface area contributed by atoms with E-state index in [1.54, 1.807) is 11.8 Å². The maximum Gasteiger partial charge on any atom is 0.312 e. The van der Waals surface area contributed by atoms with Gasteiger partial charge in [-0.2, -0.15) is 12.6 Å². The summed E-state index contributed by atoms with van der Waals surface area (Å²) in [7, 11) is 0. The van der Waals surface area contributed by atoms with Gasteiger partial charge in [-0.15, -0.1) is 0 Å². The molecule has 0 radical (unpaired) electrons. The first-order valence-corrected chi connectivity index (χ1v) is 8.90. The van der Waals surface area contributed by atoms with Gasteiger partial charge in [0.05, 0.1) is 17.9 Å². The number of carbonyl (C=O) groups excluding carboxylic acids is 1. The molecule has 3 nitrogen and oxygen atoms in total. The first-order chi connectivity index (χ1) is 11.3. The van der Waals surface area contributed by atoms with Crippen molar-refractivity contribution in [2.75, 3.05) is 13.2 Å². The highest BCUT2D eigenvalue weighted by atomic mass is 32.1. The number of rotatable bonds is 5. The monoisotopic (exact) mass is 355 g/mol. The first-order valence-electron chi connectivity index (χ1n) is 8.38. The van der Waals surface area contributed by atoms with E-state index >= 15 is 0 Å². The van der Waals surface area contributed by atoms with Crippen LogP contribution >= 0.6 is 12.6 Å². The van der Waals surface area contributed by atoms with Crippen LogP contribution in [0.4, 0.5) is 8.78 Å². The number of likely N-dealkylation sites (tertiary alicyclic amines) is 1. The predicted molar refractivity (Wildman–Crippen MR) is 91.1 cm³/mol. The third kappa shape index (κ3) is 2.73. The lowest BCUT2D eigenvalue weighted by Gasteiger charge is -2.29. The van der Waals surface area contributed by atoms with Crippen molar-refractivity contribution in [2.45, 2.75) is 44.0 Å². The van der Waals surface area contributed by atoms with Gasteiger partial charge in [-0.1, -0.05) is 30.3 Å². The molecule has 2 aliphatic rings. The summed E-state index contributed by atoms with van der Waals surface area (Å²) >= 11 is 4.22. The highest BCUT2D eigenvalue weighted by Gasteiger charge is 2.70. The topological polar surface area (TPSA) is 29.5 Å². The van der Waals surface area contributed by atoms with E-state index in [4.69, 9.17) is 4.74 Å². The van der Waals surface area contributed by atoms with Gasteiger partial charge in [-0.3, -0.25) is 9.69 Å². The van der Waals surface area contributed by atoms with Crippen molar-refractivity contribution in [3.63, 3.8) is 0 Å². The van der Waals surface area contributed by atoms with Crippen molar-refractivity contribution in [3.05, 3.63) is 35.9 Å². The Kier molecular flexibility index (Phi) is 4.64. The number of nitrogens with zero attached hydrogens (tertiary/aromatic N) is 1. The third-order valence-electron chi connectivity index (χ3n) is 5.43. The molecular formula is C18H23F2NO2S. The van der Waals surface area contributed by atoms with Gasteiger partial charge >= 0.3 is 5.97 Å². The van der Waals surface area contributed by atoms with E-state index in [9.17, 15) is 13.6 Å². The average molecular weight is 355 g/mol. The summed E-state index contributed by atoms with van der Waals surface area (Å²) in [6.07, 6.45) is 0.945. The number of thiol groups is 1. The van der Waals surface area contributed by atoms with Gasteiger partial charge in [-0.05, 0) is 32.3 Å². The summed E-state index contributed by atoms with van der Waals surface area (Å²) in [6.45, 7) is 3.97. The van der Waals surface area contributed by atoms with E-state index in [1.165, 1.54) is 0 Å². The molecule has 1 aliphatic carbocycles. The normalized spacial score (nSPS) is 29.2. The van der Waals surface area contributed by atoms with Gasteiger partial charge in [-0.25, -0.2) is 8.78 Å². The second-order valence-electron chi connectivity index (χ2n) is 6.76. The predicted octanol–water partition coefficient (Wildman–Crippen LogP) is 3.91. The number of hydrogen-bond acceptors (Lipinski definition) is 4. The molecule has 1 saturated carbocycles. The molecular weight excluding hydrogens is 332 g/mol. The van der Waals surface area contributed by atoms with Crippen LogP contribution in [0.1, 0.15) is 38.3 Å². The van der Waals surface area contributed by atoms with E-state index in [0.717, 1.165) is 5.56 Å². The minimum atomic E-state index is -3.03. The molecule has 1 unspecified atom stereocenters. The Balaban J connectivity index is 1.85. The first kappa shape index (κ1) is 17.7. The van der Waals surface area contributed by atoms with Crippen molar-refractivity contribution < 1.29 is 18.3 Å². The second kappa shape index (κ2) is 6.30. The lowest BCUT2D eigenvalue weighted by molar-refractivity contribution is -0.158. The number of hydrogen-bond donors (Lipinski definition) is 1. The molecule has 2 fully saturated rings. The minimum Gasteiger partial charge on any atom is -0.466 e. The van der Waals surface area contributed by atoms with Crippen molar-refractivity contribution in [1.82, 2.24) is 4.90 Å². The quantitative estimate of drug-likeness (QED) is 0.641. The van der Waals surface area contributed by atoms with E-state index in [-0.39, 0.29) is 19.2 Å². The molecule has 0 N–H and O–H groups in total. The van der Waals surface area contributed by atoms with Gasteiger partial charge in [0.1, 0.15) is 5.37 Å². The smallest absolute Gasteiger partial charge is 0.312 e. The van der Waals surface area contributed by atoms with Crippen LogP contribution in [0.5, 0.6) is 0 Å². The van der Waals surface area contributed by atoms with Crippen LogP contribution in [-0.2, 0) is 9.53 Å². The lowest BCUT2D eigenvalue weighted by Crippen LogP contribution is -2.41. The van der Waals surface area contributed by atoms with Gasteiger partial charge in [0.15, 0.2) is 0 Å². The largest absolute Gasteiger partial charge is 0.466 e. The summed E-state index contributed by atoms with van der Waals surface area (Å²) in [4.78, 5) is 14.0. The van der Waals surface area contributed by atoms with Crippen LogP contribution in [-0.4, -0.2) is 35.3 Å². The lowest BCUT2D eigenvalue weighted by atomic mass is 9.85.